The molecule has 0 atom stereocenters. The molecule has 2 aromatic carbocycles. The molecule has 0 saturated carbocycles. The van der Waals surface area contributed by atoms with Gasteiger partial charge in [-0.05, 0) is 35.9 Å². The van der Waals surface area contributed by atoms with E-state index < -0.39 is 0 Å². The molecule has 0 fully saturated rings. The number of methoxy groups -OCH3 is 1. The van der Waals surface area contributed by atoms with E-state index in [9.17, 15) is 4.79 Å². The fraction of sp³-hybridized carbons (Fsp3) is 0.0625. The monoisotopic (exact) mass is 285 g/mol. The van der Waals surface area contributed by atoms with Gasteiger partial charge >= 0.3 is 0 Å². The van der Waals surface area contributed by atoms with Crippen molar-refractivity contribution in [2.45, 2.75) is 0 Å². The maximum absolute atomic E-state index is 12.0. The smallest absolute Gasteiger partial charge is 0.256 e. The number of halogens is 1. The third-order valence-corrected chi connectivity index (χ3v) is 3.40. The van der Waals surface area contributed by atoms with Gasteiger partial charge in [-0.15, -0.1) is 0 Å². The Morgan fingerprint density at radius 3 is 2.85 bits per heavy atom. The number of hydrogen-bond donors (Lipinski definition) is 1. The molecular formula is C16H12ClNO2. The Morgan fingerprint density at radius 2 is 2.05 bits per heavy atom. The van der Waals surface area contributed by atoms with Gasteiger partial charge in [0.2, 0.25) is 0 Å². The average molecular weight is 286 g/mol. The first-order valence-electron chi connectivity index (χ1n) is 6.14. The van der Waals surface area contributed by atoms with Crippen LogP contribution in [0.15, 0.2) is 42.5 Å². The lowest BCUT2D eigenvalue weighted by molar-refractivity contribution is -0.110. The lowest BCUT2D eigenvalue weighted by Crippen LogP contribution is -2.03. The van der Waals surface area contributed by atoms with Crippen LogP contribution in [0.5, 0.6) is 5.75 Å². The predicted molar refractivity (Wildman–Crippen MR) is 80.9 cm³/mol. The maximum atomic E-state index is 12.0. The topological polar surface area (TPSA) is 38.3 Å². The number of anilines is 1. The van der Waals surface area contributed by atoms with E-state index in [0.717, 1.165) is 22.6 Å². The molecule has 1 aliphatic heterocycles. The van der Waals surface area contributed by atoms with Crippen LogP contribution in [0.2, 0.25) is 5.02 Å². The molecule has 3 nitrogen and oxygen atoms in total. The van der Waals surface area contributed by atoms with Gasteiger partial charge in [-0.2, -0.15) is 0 Å². The third kappa shape index (κ3) is 2.28. The molecule has 1 amide bonds. The molecule has 1 N–H and O–H groups in total. The first-order chi connectivity index (χ1) is 9.67. The quantitative estimate of drug-likeness (QED) is 0.851. The molecule has 20 heavy (non-hydrogen) atoms. The zero-order chi connectivity index (χ0) is 14.1. The van der Waals surface area contributed by atoms with Gasteiger partial charge in [-0.1, -0.05) is 29.8 Å². The maximum Gasteiger partial charge on any atom is 0.256 e. The highest BCUT2D eigenvalue weighted by molar-refractivity contribution is 6.36. The highest BCUT2D eigenvalue weighted by atomic mass is 35.5. The van der Waals surface area contributed by atoms with Crippen LogP contribution >= 0.6 is 11.6 Å². The number of nitrogens with one attached hydrogen (secondary N) is 1. The molecule has 3 rings (SSSR count). The van der Waals surface area contributed by atoms with Crippen LogP contribution in [0.3, 0.4) is 0 Å². The van der Waals surface area contributed by atoms with Gasteiger partial charge < -0.3 is 10.1 Å². The average Bonchev–Trinajstić information content (AvgIpc) is 2.74. The van der Waals surface area contributed by atoms with Crippen molar-refractivity contribution in [2.24, 2.45) is 0 Å². The first kappa shape index (κ1) is 12.8. The van der Waals surface area contributed by atoms with Crippen LogP contribution in [0.25, 0.3) is 11.6 Å². The summed E-state index contributed by atoms with van der Waals surface area (Å²) in [5, 5.41) is 3.42. The molecule has 0 saturated heterocycles. The standard InChI is InChI=1S/C16H12ClNO2/c1-20-12-4-2-3-10(7-12)8-14-13-6-5-11(17)9-15(13)18-16(14)19/h2-9H,1H3,(H,18,19)/b14-8+. The molecular weight excluding hydrogens is 274 g/mol. The minimum absolute atomic E-state index is 0.120. The normalized spacial score (nSPS) is 15.1. The van der Waals surface area contributed by atoms with Crippen molar-refractivity contribution in [3.63, 3.8) is 0 Å². The van der Waals surface area contributed by atoms with E-state index >= 15 is 0 Å². The Morgan fingerprint density at radius 1 is 1.20 bits per heavy atom. The molecule has 0 radical (unpaired) electrons. The van der Waals surface area contributed by atoms with Crippen LogP contribution in [0.1, 0.15) is 11.1 Å². The molecule has 2 aromatic rings. The predicted octanol–water partition coefficient (Wildman–Crippen LogP) is 3.84. The summed E-state index contributed by atoms with van der Waals surface area (Å²) in [6.07, 6.45) is 1.84. The van der Waals surface area contributed by atoms with E-state index in [2.05, 4.69) is 5.32 Å². The van der Waals surface area contributed by atoms with Crippen molar-refractivity contribution >= 4 is 34.8 Å². The number of hydrogen-bond acceptors (Lipinski definition) is 2. The van der Waals surface area contributed by atoms with Crippen LogP contribution in [0, 0.1) is 0 Å². The number of fused-ring (bicyclic) bond motifs is 1. The number of ether oxygens (including phenoxy) is 1. The van der Waals surface area contributed by atoms with Gasteiger partial charge in [0.05, 0.1) is 12.8 Å². The van der Waals surface area contributed by atoms with Crippen molar-refractivity contribution in [1.82, 2.24) is 0 Å². The highest BCUT2D eigenvalue weighted by Crippen LogP contribution is 2.35. The number of carbonyl (C=O) groups excluding carboxylic acids is 1. The van der Waals surface area contributed by atoms with E-state index in [1.165, 1.54) is 0 Å². The molecule has 1 heterocycles. The van der Waals surface area contributed by atoms with Crippen LogP contribution < -0.4 is 10.1 Å². The first-order valence-corrected chi connectivity index (χ1v) is 6.52. The zero-order valence-corrected chi connectivity index (χ0v) is 11.6. The lowest BCUT2D eigenvalue weighted by Gasteiger charge is -2.02. The molecule has 4 heteroatoms. The van der Waals surface area contributed by atoms with Crippen molar-refractivity contribution in [2.75, 3.05) is 12.4 Å². The molecule has 0 aromatic heterocycles. The summed E-state index contributed by atoms with van der Waals surface area (Å²) in [5.41, 5.74) is 3.15. The molecule has 100 valence electrons. The largest absolute Gasteiger partial charge is 0.497 e. The van der Waals surface area contributed by atoms with Gasteiger partial charge in [-0.3, -0.25) is 4.79 Å². The third-order valence-electron chi connectivity index (χ3n) is 3.17. The van der Waals surface area contributed by atoms with E-state index in [0.29, 0.717) is 10.6 Å². The summed E-state index contributed by atoms with van der Waals surface area (Å²) in [7, 11) is 1.62. The minimum atomic E-state index is -0.120. The summed E-state index contributed by atoms with van der Waals surface area (Å²) in [6.45, 7) is 0. The fourth-order valence-corrected chi connectivity index (χ4v) is 2.38. The van der Waals surface area contributed by atoms with Crippen molar-refractivity contribution < 1.29 is 9.53 Å². The second-order valence-corrected chi connectivity index (χ2v) is 4.92. The molecule has 0 spiro atoms. The lowest BCUT2D eigenvalue weighted by atomic mass is 10.0. The Bertz CT molecular complexity index is 722. The van der Waals surface area contributed by atoms with Crippen LogP contribution in [0.4, 0.5) is 5.69 Å². The van der Waals surface area contributed by atoms with E-state index in [4.69, 9.17) is 16.3 Å². The number of amides is 1. The number of rotatable bonds is 2. The second kappa shape index (κ2) is 5.02. The van der Waals surface area contributed by atoms with Crippen LogP contribution in [-0.2, 0) is 4.79 Å². The van der Waals surface area contributed by atoms with E-state index in [1.54, 1.807) is 19.2 Å². The molecule has 0 unspecified atom stereocenters. The summed E-state index contributed by atoms with van der Waals surface area (Å²) < 4.78 is 5.18. The molecule has 0 aliphatic carbocycles. The van der Waals surface area contributed by atoms with E-state index in [1.807, 2.05) is 36.4 Å². The van der Waals surface area contributed by atoms with Crippen molar-refractivity contribution in [3.8, 4) is 5.75 Å². The number of benzene rings is 2. The summed E-state index contributed by atoms with van der Waals surface area (Å²) in [4.78, 5) is 12.0. The SMILES string of the molecule is COc1cccc(/C=C2/C(=O)Nc3cc(Cl)ccc32)c1. The Kier molecular flexibility index (Phi) is 3.20. The second-order valence-electron chi connectivity index (χ2n) is 4.48. The Hall–Kier alpha value is -2.26. The zero-order valence-electron chi connectivity index (χ0n) is 10.8. The highest BCUT2D eigenvalue weighted by Gasteiger charge is 2.23. The van der Waals surface area contributed by atoms with Gasteiger partial charge in [0, 0.05) is 16.2 Å². The van der Waals surface area contributed by atoms with Gasteiger partial charge in [0.1, 0.15) is 5.75 Å². The minimum Gasteiger partial charge on any atom is -0.497 e. The summed E-state index contributed by atoms with van der Waals surface area (Å²) in [5.74, 6) is 0.638. The Balaban J connectivity index is 2.06. The van der Waals surface area contributed by atoms with Gasteiger partial charge in [-0.25, -0.2) is 0 Å². The van der Waals surface area contributed by atoms with Crippen LogP contribution in [-0.4, -0.2) is 13.0 Å². The molecule has 0 bridgehead atoms. The van der Waals surface area contributed by atoms with E-state index in [-0.39, 0.29) is 5.91 Å². The fourth-order valence-electron chi connectivity index (χ4n) is 2.21. The Labute approximate surface area is 121 Å². The summed E-state index contributed by atoms with van der Waals surface area (Å²) >= 11 is 5.93. The summed E-state index contributed by atoms with van der Waals surface area (Å²) in [6, 6.07) is 12.9. The van der Waals surface area contributed by atoms with Gasteiger partial charge in [0.25, 0.3) is 5.91 Å². The van der Waals surface area contributed by atoms with Crippen molar-refractivity contribution in [1.29, 1.82) is 0 Å². The van der Waals surface area contributed by atoms with Crippen molar-refractivity contribution in [3.05, 3.63) is 58.6 Å². The molecule has 1 aliphatic rings. The number of carbonyl (C=O) groups is 1. The van der Waals surface area contributed by atoms with Gasteiger partial charge in [0.15, 0.2) is 0 Å².